The summed E-state index contributed by atoms with van der Waals surface area (Å²) in [5.74, 6) is 1.88. The molecule has 1 aromatic carbocycles. The summed E-state index contributed by atoms with van der Waals surface area (Å²) in [5.41, 5.74) is 0.590. The minimum absolute atomic E-state index is 0.0198. The van der Waals surface area contributed by atoms with Gasteiger partial charge in [-0.25, -0.2) is 0 Å². The van der Waals surface area contributed by atoms with Crippen molar-refractivity contribution >= 4 is 34.4 Å². The van der Waals surface area contributed by atoms with E-state index >= 15 is 0 Å². The first kappa shape index (κ1) is 20.5. The van der Waals surface area contributed by atoms with E-state index in [1.54, 1.807) is 45.4 Å². The Morgan fingerprint density at radius 3 is 2.36 bits per heavy atom. The van der Waals surface area contributed by atoms with Crippen LogP contribution in [0.1, 0.15) is 39.5 Å². The average Bonchev–Trinajstić information content (AvgIpc) is 3.14. The van der Waals surface area contributed by atoms with Gasteiger partial charge in [0.15, 0.2) is 17.3 Å². The number of methoxy groups -OCH3 is 2. The van der Waals surface area contributed by atoms with Gasteiger partial charge < -0.3 is 24.1 Å². The highest BCUT2D eigenvalue weighted by atomic mass is 127. The average molecular weight is 498 g/mol. The zero-order valence-electron chi connectivity index (χ0n) is 16.1. The van der Waals surface area contributed by atoms with Gasteiger partial charge in [-0.2, -0.15) is 0 Å². The summed E-state index contributed by atoms with van der Waals surface area (Å²) in [6.07, 6.45) is 1.39. The first-order valence-corrected chi connectivity index (χ1v) is 10.1. The standard InChI is InChI=1S/C20H23IN2O5/c1-12-4-5-16(28-12)19(24)22-13-6-8-23(9-7-13)20(25)14-10-17(26-2)18(27-3)11-15(14)21/h4-5,10-11,13H,6-9H2,1-3H3,(H,22,24). The number of amides is 2. The van der Waals surface area contributed by atoms with E-state index in [1.165, 1.54) is 0 Å². The van der Waals surface area contributed by atoms with Crippen LogP contribution in [0.4, 0.5) is 0 Å². The molecule has 1 N–H and O–H groups in total. The smallest absolute Gasteiger partial charge is 0.287 e. The second-order valence-corrected chi connectivity index (χ2v) is 7.80. The maximum absolute atomic E-state index is 13.0. The van der Waals surface area contributed by atoms with Crippen LogP contribution in [0.5, 0.6) is 11.5 Å². The number of benzene rings is 1. The number of rotatable bonds is 5. The van der Waals surface area contributed by atoms with E-state index < -0.39 is 0 Å². The molecule has 0 bridgehead atoms. The van der Waals surface area contributed by atoms with Gasteiger partial charge in [0.25, 0.3) is 11.8 Å². The van der Waals surface area contributed by atoms with Crippen LogP contribution in [0.25, 0.3) is 0 Å². The van der Waals surface area contributed by atoms with Crippen LogP contribution < -0.4 is 14.8 Å². The Labute approximate surface area is 177 Å². The lowest BCUT2D eigenvalue weighted by atomic mass is 10.0. The van der Waals surface area contributed by atoms with Gasteiger partial charge in [-0.15, -0.1) is 0 Å². The van der Waals surface area contributed by atoms with Gasteiger partial charge in [-0.05, 0) is 66.6 Å². The van der Waals surface area contributed by atoms with E-state index in [4.69, 9.17) is 13.9 Å². The predicted molar refractivity (Wildman–Crippen MR) is 112 cm³/mol. The second kappa shape index (κ2) is 8.85. The molecule has 0 atom stereocenters. The van der Waals surface area contributed by atoms with Crippen molar-refractivity contribution in [2.45, 2.75) is 25.8 Å². The molecule has 28 heavy (non-hydrogen) atoms. The predicted octanol–water partition coefficient (Wildman–Crippen LogP) is 3.24. The third-order valence-corrected chi connectivity index (χ3v) is 5.68. The number of likely N-dealkylation sites (tertiary alicyclic amines) is 1. The fourth-order valence-electron chi connectivity index (χ4n) is 3.23. The molecule has 1 aliphatic heterocycles. The van der Waals surface area contributed by atoms with Gasteiger partial charge >= 0.3 is 0 Å². The molecule has 3 rings (SSSR count). The number of furan rings is 1. The topological polar surface area (TPSA) is 81.0 Å². The van der Waals surface area contributed by atoms with Crippen molar-refractivity contribution in [3.63, 3.8) is 0 Å². The van der Waals surface area contributed by atoms with Crippen molar-refractivity contribution < 1.29 is 23.5 Å². The van der Waals surface area contributed by atoms with Gasteiger partial charge in [-0.3, -0.25) is 9.59 Å². The number of ether oxygens (including phenoxy) is 2. The van der Waals surface area contributed by atoms with Crippen LogP contribution in [-0.2, 0) is 0 Å². The van der Waals surface area contributed by atoms with Gasteiger partial charge in [-0.1, -0.05) is 0 Å². The molecule has 1 saturated heterocycles. The minimum Gasteiger partial charge on any atom is -0.493 e. The number of hydrogen-bond donors (Lipinski definition) is 1. The van der Waals surface area contributed by atoms with Gasteiger partial charge in [0.2, 0.25) is 0 Å². The van der Waals surface area contributed by atoms with Crippen molar-refractivity contribution in [2.24, 2.45) is 0 Å². The summed E-state index contributed by atoms with van der Waals surface area (Å²) in [6, 6.07) is 6.97. The molecular formula is C20H23IN2O5. The van der Waals surface area contributed by atoms with Crippen molar-refractivity contribution in [1.82, 2.24) is 10.2 Å². The first-order valence-electron chi connectivity index (χ1n) is 9.01. The highest BCUT2D eigenvalue weighted by Gasteiger charge is 2.27. The molecule has 8 heteroatoms. The Balaban J connectivity index is 1.61. The number of aryl methyl sites for hydroxylation is 1. The molecule has 0 unspecified atom stereocenters. The van der Waals surface area contributed by atoms with Crippen LogP contribution in [0, 0.1) is 10.5 Å². The largest absolute Gasteiger partial charge is 0.493 e. The summed E-state index contributed by atoms with van der Waals surface area (Å²) in [5, 5.41) is 2.98. The van der Waals surface area contributed by atoms with E-state index in [0.29, 0.717) is 54.5 Å². The first-order chi connectivity index (χ1) is 13.4. The molecule has 1 aliphatic rings. The Morgan fingerprint density at radius 1 is 1.14 bits per heavy atom. The second-order valence-electron chi connectivity index (χ2n) is 6.64. The van der Waals surface area contributed by atoms with Gasteiger partial charge in [0.05, 0.1) is 19.8 Å². The van der Waals surface area contributed by atoms with Crippen LogP contribution in [0.2, 0.25) is 0 Å². The molecule has 0 spiro atoms. The minimum atomic E-state index is -0.215. The summed E-state index contributed by atoms with van der Waals surface area (Å²) in [4.78, 5) is 27.0. The lowest BCUT2D eigenvalue weighted by Crippen LogP contribution is -2.46. The summed E-state index contributed by atoms with van der Waals surface area (Å²) < 4.78 is 16.8. The Morgan fingerprint density at radius 2 is 1.79 bits per heavy atom. The summed E-state index contributed by atoms with van der Waals surface area (Å²) in [7, 11) is 3.12. The number of carbonyl (C=O) groups is 2. The summed E-state index contributed by atoms with van der Waals surface area (Å²) in [6.45, 7) is 2.95. The molecular weight excluding hydrogens is 475 g/mol. The normalized spacial score (nSPS) is 14.6. The molecule has 0 aliphatic carbocycles. The Kier molecular flexibility index (Phi) is 6.48. The van der Waals surface area contributed by atoms with Crippen molar-refractivity contribution in [3.05, 3.63) is 44.9 Å². The van der Waals surface area contributed by atoms with Crippen molar-refractivity contribution in [3.8, 4) is 11.5 Å². The number of carbonyl (C=O) groups excluding carboxylic acids is 2. The maximum atomic E-state index is 13.0. The SMILES string of the molecule is COc1cc(I)c(C(=O)N2CCC(NC(=O)c3ccc(C)o3)CC2)cc1OC. The number of halogens is 1. The van der Waals surface area contributed by atoms with Crippen LogP contribution in [-0.4, -0.2) is 50.1 Å². The lowest BCUT2D eigenvalue weighted by molar-refractivity contribution is 0.0694. The van der Waals surface area contributed by atoms with E-state index in [-0.39, 0.29) is 17.9 Å². The Bertz CT molecular complexity index is 871. The Hall–Kier alpha value is -2.23. The van der Waals surface area contributed by atoms with E-state index in [0.717, 1.165) is 3.57 Å². The lowest BCUT2D eigenvalue weighted by Gasteiger charge is -2.32. The molecule has 0 saturated carbocycles. The third kappa shape index (κ3) is 4.43. The number of piperidine rings is 1. The monoisotopic (exact) mass is 498 g/mol. The van der Waals surface area contributed by atoms with Crippen molar-refractivity contribution in [2.75, 3.05) is 27.3 Å². The highest BCUT2D eigenvalue weighted by Crippen LogP contribution is 2.32. The number of hydrogen-bond acceptors (Lipinski definition) is 5. The third-order valence-electron chi connectivity index (χ3n) is 4.79. The molecule has 2 heterocycles. The molecule has 2 amide bonds. The van der Waals surface area contributed by atoms with Crippen LogP contribution in [0.15, 0.2) is 28.7 Å². The zero-order chi connectivity index (χ0) is 20.3. The fourth-order valence-corrected chi connectivity index (χ4v) is 3.90. The number of nitrogens with one attached hydrogen (secondary N) is 1. The molecule has 7 nitrogen and oxygen atoms in total. The maximum Gasteiger partial charge on any atom is 0.287 e. The van der Waals surface area contributed by atoms with E-state index in [1.807, 2.05) is 4.90 Å². The van der Waals surface area contributed by atoms with E-state index in [2.05, 4.69) is 27.9 Å². The van der Waals surface area contributed by atoms with Crippen molar-refractivity contribution in [1.29, 1.82) is 0 Å². The molecule has 0 radical (unpaired) electrons. The molecule has 1 aromatic heterocycles. The fraction of sp³-hybridized carbons (Fsp3) is 0.400. The van der Waals surface area contributed by atoms with Crippen LogP contribution in [0.3, 0.4) is 0 Å². The highest BCUT2D eigenvalue weighted by molar-refractivity contribution is 14.1. The molecule has 150 valence electrons. The van der Waals surface area contributed by atoms with Gasteiger partial charge in [0, 0.05) is 22.7 Å². The quantitative estimate of drug-likeness (QED) is 0.641. The molecule has 1 fully saturated rings. The van der Waals surface area contributed by atoms with E-state index in [9.17, 15) is 9.59 Å². The summed E-state index contributed by atoms with van der Waals surface area (Å²) >= 11 is 2.13. The van der Waals surface area contributed by atoms with Gasteiger partial charge in [0.1, 0.15) is 5.76 Å². The van der Waals surface area contributed by atoms with Crippen LogP contribution >= 0.6 is 22.6 Å². The molecule has 2 aromatic rings. The zero-order valence-corrected chi connectivity index (χ0v) is 18.2. The number of nitrogens with zero attached hydrogens (tertiary/aromatic N) is 1.